The van der Waals surface area contributed by atoms with Gasteiger partial charge in [0, 0.05) is 6.04 Å². The number of carbonyl (C=O) groups is 2. The lowest BCUT2D eigenvalue weighted by Crippen LogP contribution is -2.37. The van der Waals surface area contributed by atoms with E-state index in [1.165, 1.54) is 5.56 Å². The lowest BCUT2D eigenvalue weighted by molar-refractivity contribution is -0.137. The normalized spacial score (nSPS) is 11.8. The van der Waals surface area contributed by atoms with Crippen LogP contribution in [-0.4, -0.2) is 23.0 Å². The van der Waals surface area contributed by atoms with E-state index in [0.717, 1.165) is 23.1 Å². The number of nitrogens with one attached hydrogen (secondary N) is 1. The summed E-state index contributed by atoms with van der Waals surface area (Å²) in [6.07, 6.45) is 1.55. The highest BCUT2D eigenvalue weighted by molar-refractivity contribution is 5.79. The van der Waals surface area contributed by atoms with Gasteiger partial charge in [0.2, 0.25) is 5.91 Å². The van der Waals surface area contributed by atoms with Gasteiger partial charge < -0.3 is 10.4 Å². The van der Waals surface area contributed by atoms with Gasteiger partial charge in [0.05, 0.1) is 12.8 Å². The van der Waals surface area contributed by atoms with Crippen LogP contribution in [0.1, 0.15) is 35.1 Å². The molecule has 0 bridgehead atoms. The number of carbonyl (C=O) groups excluding carboxylic acids is 1. The Kier molecular flexibility index (Phi) is 6.75. The van der Waals surface area contributed by atoms with Crippen LogP contribution in [0.15, 0.2) is 48.5 Å². The Morgan fingerprint density at radius 3 is 2.36 bits per heavy atom. The summed E-state index contributed by atoms with van der Waals surface area (Å²) in [5.41, 5.74) is 4.42. The fraction of sp³-hybridized carbons (Fsp3) is 0.333. The van der Waals surface area contributed by atoms with Gasteiger partial charge in [0.1, 0.15) is 0 Å². The van der Waals surface area contributed by atoms with Gasteiger partial charge in [-0.3, -0.25) is 9.59 Å². The third-order valence-corrected chi connectivity index (χ3v) is 4.35. The molecule has 0 aliphatic rings. The van der Waals surface area contributed by atoms with Crippen molar-refractivity contribution in [1.82, 2.24) is 5.32 Å². The third kappa shape index (κ3) is 6.42. The van der Waals surface area contributed by atoms with Crippen LogP contribution in [0.5, 0.6) is 0 Å². The maximum Gasteiger partial charge on any atom is 0.305 e. The first kappa shape index (κ1) is 18.7. The Morgan fingerprint density at radius 2 is 1.72 bits per heavy atom. The van der Waals surface area contributed by atoms with E-state index in [2.05, 4.69) is 5.32 Å². The topological polar surface area (TPSA) is 66.4 Å². The van der Waals surface area contributed by atoms with Gasteiger partial charge in [-0.25, -0.2) is 0 Å². The van der Waals surface area contributed by atoms with Gasteiger partial charge in [-0.15, -0.1) is 0 Å². The molecule has 0 aliphatic carbocycles. The smallest absolute Gasteiger partial charge is 0.305 e. The predicted molar refractivity (Wildman–Crippen MR) is 98.6 cm³/mol. The number of benzene rings is 2. The van der Waals surface area contributed by atoms with Crippen molar-refractivity contribution in [2.24, 2.45) is 0 Å². The number of carboxylic acid groups (broad SMARTS) is 1. The Bertz CT molecular complexity index is 725. The van der Waals surface area contributed by atoms with E-state index < -0.39 is 5.97 Å². The number of aryl methyl sites for hydroxylation is 3. The minimum atomic E-state index is -0.899. The monoisotopic (exact) mass is 339 g/mol. The molecule has 2 aromatic rings. The first-order valence-corrected chi connectivity index (χ1v) is 8.55. The molecule has 0 fully saturated rings. The van der Waals surface area contributed by atoms with Gasteiger partial charge >= 0.3 is 5.97 Å². The molecule has 0 radical (unpaired) electrons. The second-order valence-corrected chi connectivity index (χ2v) is 6.48. The standard InChI is InChI=1S/C21H25NO3/c1-15-8-9-18(12-16(15)2)13-20(23)22-19(14-21(24)25)11-10-17-6-4-3-5-7-17/h3-9,12,19H,10-11,13-14H2,1-2H3,(H,22,23)(H,24,25). The maximum atomic E-state index is 12.3. The van der Waals surface area contributed by atoms with Crippen LogP contribution in [0.2, 0.25) is 0 Å². The molecule has 4 nitrogen and oxygen atoms in total. The molecule has 0 aromatic heterocycles. The summed E-state index contributed by atoms with van der Waals surface area (Å²) in [4.78, 5) is 23.4. The van der Waals surface area contributed by atoms with Crippen LogP contribution < -0.4 is 5.32 Å². The molecular formula is C21H25NO3. The van der Waals surface area contributed by atoms with Gasteiger partial charge in [-0.2, -0.15) is 0 Å². The lowest BCUT2D eigenvalue weighted by Gasteiger charge is -2.17. The number of hydrogen-bond acceptors (Lipinski definition) is 2. The summed E-state index contributed by atoms with van der Waals surface area (Å²) in [5, 5.41) is 12.0. The van der Waals surface area contributed by atoms with Crippen molar-refractivity contribution in [2.45, 2.75) is 45.6 Å². The van der Waals surface area contributed by atoms with Crippen molar-refractivity contribution < 1.29 is 14.7 Å². The molecule has 2 rings (SSSR count). The molecule has 0 aliphatic heterocycles. The van der Waals surface area contributed by atoms with Crippen molar-refractivity contribution in [3.05, 3.63) is 70.8 Å². The van der Waals surface area contributed by atoms with Gasteiger partial charge in [-0.05, 0) is 48.9 Å². The van der Waals surface area contributed by atoms with Gasteiger partial charge in [0.15, 0.2) is 0 Å². The molecule has 25 heavy (non-hydrogen) atoms. The first-order chi connectivity index (χ1) is 11.9. The summed E-state index contributed by atoms with van der Waals surface area (Å²) < 4.78 is 0. The van der Waals surface area contributed by atoms with Crippen molar-refractivity contribution in [3.8, 4) is 0 Å². The quantitative estimate of drug-likeness (QED) is 0.774. The fourth-order valence-electron chi connectivity index (χ4n) is 2.80. The van der Waals surface area contributed by atoms with E-state index >= 15 is 0 Å². The second-order valence-electron chi connectivity index (χ2n) is 6.48. The van der Waals surface area contributed by atoms with Crippen LogP contribution in [0, 0.1) is 13.8 Å². The summed E-state index contributed by atoms with van der Waals surface area (Å²) in [7, 11) is 0. The SMILES string of the molecule is Cc1ccc(CC(=O)NC(CCc2ccccc2)CC(=O)O)cc1C. The molecule has 132 valence electrons. The molecule has 1 unspecified atom stereocenters. The number of rotatable bonds is 8. The lowest BCUT2D eigenvalue weighted by atomic mass is 10.0. The molecule has 0 saturated carbocycles. The summed E-state index contributed by atoms with van der Waals surface area (Å²) >= 11 is 0. The van der Waals surface area contributed by atoms with E-state index in [1.54, 1.807) is 0 Å². The highest BCUT2D eigenvalue weighted by Crippen LogP contribution is 2.11. The van der Waals surface area contributed by atoms with E-state index in [9.17, 15) is 9.59 Å². The first-order valence-electron chi connectivity index (χ1n) is 8.55. The van der Waals surface area contributed by atoms with Crippen LogP contribution in [0.4, 0.5) is 0 Å². The number of amides is 1. The molecule has 1 amide bonds. The zero-order valence-corrected chi connectivity index (χ0v) is 14.8. The van der Waals surface area contributed by atoms with Crippen LogP contribution >= 0.6 is 0 Å². The molecule has 0 saturated heterocycles. The van der Waals surface area contributed by atoms with E-state index in [4.69, 9.17) is 5.11 Å². The predicted octanol–water partition coefficient (Wildman–Crippen LogP) is 3.44. The van der Waals surface area contributed by atoms with E-state index in [-0.39, 0.29) is 24.8 Å². The van der Waals surface area contributed by atoms with Gasteiger partial charge in [0.25, 0.3) is 0 Å². The average molecular weight is 339 g/mol. The number of hydrogen-bond donors (Lipinski definition) is 2. The van der Waals surface area contributed by atoms with Crippen molar-refractivity contribution >= 4 is 11.9 Å². The molecule has 2 aromatic carbocycles. The summed E-state index contributed by atoms with van der Waals surface area (Å²) in [6, 6.07) is 15.5. The number of aliphatic carboxylic acids is 1. The molecule has 2 N–H and O–H groups in total. The molecule has 4 heteroatoms. The fourth-order valence-corrected chi connectivity index (χ4v) is 2.80. The summed E-state index contributed by atoms with van der Waals surface area (Å²) in [5.74, 6) is -1.04. The number of carboxylic acids is 1. The van der Waals surface area contributed by atoms with E-state index in [0.29, 0.717) is 6.42 Å². The third-order valence-electron chi connectivity index (χ3n) is 4.35. The van der Waals surface area contributed by atoms with Crippen molar-refractivity contribution in [3.63, 3.8) is 0 Å². The zero-order valence-electron chi connectivity index (χ0n) is 14.8. The minimum absolute atomic E-state index is 0.0640. The highest BCUT2D eigenvalue weighted by Gasteiger charge is 2.16. The Morgan fingerprint density at radius 1 is 1.00 bits per heavy atom. The second kappa shape index (κ2) is 9.02. The maximum absolute atomic E-state index is 12.3. The zero-order chi connectivity index (χ0) is 18.2. The molecule has 1 atom stereocenters. The van der Waals surface area contributed by atoms with Gasteiger partial charge in [-0.1, -0.05) is 48.5 Å². The largest absolute Gasteiger partial charge is 0.481 e. The average Bonchev–Trinajstić information content (AvgIpc) is 2.56. The minimum Gasteiger partial charge on any atom is -0.481 e. The Hall–Kier alpha value is -2.62. The molecule has 0 spiro atoms. The Labute approximate surface area is 148 Å². The van der Waals surface area contributed by atoms with E-state index in [1.807, 2.05) is 62.4 Å². The van der Waals surface area contributed by atoms with Crippen LogP contribution in [0.25, 0.3) is 0 Å². The molecular weight excluding hydrogens is 314 g/mol. The van der Waals surface area contributed by atoms with Crippen molar-refractivity contribution in [2.75, 3.05) is 0 Å². The Balaban J connectivity index is 1.94. The highest BCUT2D eigenvalue weighted by atomic mass is 16.4. The van der Waals surface area contributed by atoms with Crippen LogP contribution in [0.3, 0.4) is 0 Å². The van der Waals surface area contributed by atoms with Crippen LogP contribution in [-0.2, 0) is 22.4 Å². The molecule has 0 heterocycles. The summed E-state index contributed by atoms with van der Waals surface area (Å²) in [6.45, 7) is 4.05. The van der Waals surface area contributed by atoms with Crippen molar-refractivity contribution in [1.29, 1.82) is 0 Å².